The number of hydrogen-bond donors (Lipinski definition) is 3. The topological polar surface area (TPSA) is 111 Å². The number of aliphatic hydroxyl groups excluding tert-OH is 1. The number of carbonyl (C=O) groups is 2. The molecule has 0 rings (SSSR count). The second kappa shape index (κ2) is 7.17. The van der Waals surface area contributed by atoms with Gasteiger partial charge in [-0.2, -0.15) is 0 Å². The van der Waals surface area contributed by atoms with E-state index in [1.54, 1.807) is 0 Å². The second-order valence-electron chi connectivity index (χ2n) is 1.95. The van der Waals surface area contributed by atoms with Gasteiger partial charge in [-0.05, 0) is 0 Å². The number of rotatable bonds is 5. The van der Waals surface area contributed by atoms with Crippen molar-refractivity contribution >= 4 is 12.2 Å². The molecular formula is C6H12N2O5. The Labute approximate surface area is 74.8 Å². The summed E-state index contributed by atoms with van der Waals surface area (Å²) in [6.07, 6.45) is -1.58. The van der Waals surface area contributed by atoms with Gasteiger partial charge in [-0.3, -0.25) is 0 Å². The SMILES string of the molecule is NC(=O)OCCNC(=O)OCCO. The Balaban J connectivity index is 3.22. The molecule has 0 aromatic heterocycles. The van der Waals surface area contributed by atoms with Gasteiger partial charge in [0.05, 0.1) is 13.2 Å². The molecule has 4 N–H and O–H groups in total. The summed E-state index contributed by atoms with van der Waals surface area (Å²) >= 11 is 0. The fourth-order valence-electron chi connectivity index (χ4n) is 0.494. The van der Waals surface area contributed by atoms with Crippen LogP contribution in [0.1, 0.15) is 0 Å². The standard InChI is InChI=1S/C6H12N2O5/c7-5(10)12-3-1-8-6(11)13-4-2-9/h9H,1-4H2,(H2,7,10)(H,8,11). The minimum Gasteiger partial charge on any atom is -0.448 e. The summed E-state index contributed by atoms with van der Waals surface area (Å²) in [5, 5.41) is 10.5. The molecule has 0 unspecified atom stereocenters. The zero-order valence-corrected chi connectivity index (χ0v) is 6.99. The zero-order valence-electron chi connectivity index (χ0n) is 6.99. The van der Waals surface area contributed by atoms with Crippen molar-refractivity contribution in [1.29, 1.82) is 0 Å². The molecule has 0 bridgehead atoms. The van der Waals surface area contributed by atoms with Crippen LogP contribution in [0.15, 0.2) is 0 Å². The number of amides is 2. The first-order chi connectivity index (χ1) is 6.16. The number of nitrogens with two attached hydrogens (primary N) is 1. The Bertz CT molecular complexity index is 172. The van der Waals surface area contributed by atoms with Crippen LogP contribution in [0.4, 0.5) is 9.59 Å². The van der Waals surface area contributed by atoms with E-state index in [0.29, 0.717) is 0 Å². The smallest absolute Gasteiger partial charge is 0.407 e. The summed E-state index contributed by atoms with van der Waals surface area (Å²) in [5.74, 6) is 0. The summed E-state index contributed by atoms with van der Waals surface area (Å²) in [5.41, 5.74) is 4.65. The first-order valence-corrected chi connectivity index (χ1v) is 3.60. The molecule has 0 aliphatic rings. The largest absolute Gasteiger partial charge is 0.448 e. The Morgan fingerprint density at radius 2 is 2.00 bits per heavy atom. The molecule has 0 radical (unpaired) electrons. The highest BCUT2D eigenvalue weighted by molar-refractivity contribution is 5.67. The first kappa shape index (κ1) is 11.5. The van der Waals surface area contributed by atoms with Crippen molar-refractivity contribution in [3.05, 3.63) is 0 Å². The third kappa shape index (κ3) is 8.41. The summed E-state index contributed by atoms with van der Waals surface area (Å²) in [6.45, 7) is -0.190. The van der Waals surface area contributed by atoms with Crippen molar-refractivity contribution in [1.82, 2.24) is 5.32 Å². The maximum absolute atomic E-state index is 10.6. The predicted octanol–water partition coefficient (Wildman–Crippen LogP) is -1.20. The second-order valence-corrected chi connectivity index (χ2v) is 1.95. The number of primary amides is 1. The minimum absolute atomic E-state index is 0.0104. The van der Waals surface area contributed by atoms with Crippen molar-refractivity contribution in [3.63, 3.8) is 0 Å². The van der Waals surface area contributed by atoms with E-state index in [9.17, 15) is 9.59 Å². The van der Waals surface area contributed by atoms with Crippen LogP contribution in [-0.2, 0) is 9.47 Å². The molecule has 0 aromatic rings. The molecule has 0 spiro atoms. The number of carbonyl (C=O) groups excluding carboxylic acids is 2. The van der Waals surface area contributed by atoms with Crippen molar-refractivity contribution in [2.75, 3.05) is 26.4 Å². The monoisotopic (exact) mass is 192 g/mol. The van der Waals surface area contributed by atoms with Gasteiger partial charge in [0.2, 0.25) is 0 Å². The summed E-state index contributed by atoms with van der Waals surface area (Å²) < 4.78 is 8.74. The van der Waals surface area contributed by atoms with Crippen LogP contribution in [0.25, 0.3) is 0 Å². The first-order valence-electron chi connectivity index (χ1n) is 3.60. The molecule has 0 atom stereocenters. The normalized spacial score (nSPS) is 9.00. The number of alkyl carbamates (subject to hydrolysis) is 1. The lowest BCUT2D eigenvalue weighted by molar-refractivity contribution is 0.115. The summed E-state index contributed by atoms with van der Waals surface area (Å²) in [7, 11) is 0. The van der Waals surface area contributed by atoms with Crippen LogP contribution in [0.2, 0.25) is 0 Å². The highest BCUT2D eigenvalue weighted by atomic mass is 16.6. The lowest BCUT2D eigenvalue weighted by Gasteiger charge is -2.04. The highest BCUT2D eigenvalue weighted by Crippen LogP contribution is 1.77. The molecule has 7 heteroatoms. The molecule has 7 nitrogen and oxygen atoms in total. The van der Waals surface area contributed by atoms with E-state index in [4.69, 9.17) is 5.11 Å². The Kier molecular flexibility index (Phi) is 6.34. The van der Waals surface area contributed by atoms with Gasteiger partial charge in [-0.15, -0.1) is 0 Å². The Hall–Kier alpha value is -1.50. The zero-order chi connectivity index (χ0) is 10.1. The van der Waals surface area contributed by atoms with Gasteiger partial charge < -0.3 is 25.6 Å². The van der Waals surface area contributed by atoms with Gasteiger partial charge in [0, 0.05) is 0 Å². The van der Waals surface area contributed by atoms with Crippen LogP contribution < -0.4 is 11.1 Å². The van der Waals surface area contributed by atoms with E-state index in [0.717, 1.165) is 0 Å². The maximum atomic E-state index is 10.6. The van der Waals surface area contributed by atoms with E-state index < -0.39 is 12.2 Å². The van der Waals surface area contributed by atoms with E-state index in [2.05, 4.69) is 20.5 Å². The molecule has 0 heterocycles. The molecule has 0 saturated heterocycles. The molecule has 2 amide bonds. The van der Waals surface area contributed by atoms with Gasteiger partial charge in [-0.1, -0.05) is 0 Å². The highest BCUT2D eigenvalue weighted by Gasteiger charge is 2.00. The van der Waals surface area contributed by atoms with Crippen LogP contribution in [0, 0.1) is 0 Å². The van der Waals surface area contributed by atoms with E-state index in [1.165, 1.54) is 0 Å². The van der Waals surface area contributed by atoms with Crippen LogP contribution in [-0.4, -0.2) is 43.7 Å². The lowest BCUT2D eigenvalue weighted by atomic mass is 10.7. The van der Waals surface area contributed by atoms with Gasteiger partial charge in [-0.25, -0.2) is 9.59 Å². The molecule has 76 valence electrons. The van der Waals surface area contributed by atoms with Crippen LogP contribution >= 0.6 is 0 Å². The van der Waals surface area contributed by atoms with Gasteiger partial charge in [0.1, 0.15) is 13.2 Å². The third-order valence-electron chi connectivity index (χ3n) is 0.940. The molecule has 0 aliphatic carbocycles. The average Bonchev–Trinajstić information content (AvgIpc) is 2.08. The molecule has 13 heavy (non-hydrogen) atoms. The Morgan fingerprint density at radius 1 is 1.31 bits per heavy atom. The van der Waals surface area contributed by atoms with Crippen molar-refractivity contribution in [2.24, 2.45) is 5.73 Å². The number of aliphatic hydroxyl groups is 1. The predicted molar refractivity (Wildman–Crippen MR) is 42.0 cm³/mol. The third-order valence-corrected chi connectivity index (χ3v) is 0.940. The fourth-order valence-corrected chi connectivity index (χ4v) is 0.494. The van der Waals surface area contributed by atoms with Crippen molar-refractivity contribution < 1.29 is 24.2 Å². The number of nitrogens with one attached hydrogen (secondary N) is 1. The molecule has 0 aromatic carbocycles. The van der Waals surface area contributed by atoms with Crippen LogP contribution in [0.3, 0.4) is 0 Å². The van der Waals surface area contributed by atoms with Gasteiger partial charge in [0.25, 0.3) is 0 Å². The van der Waals surface area contributed by atoms with Crippen LogP contribution in [0.5, 0.6) is 0 Å². The molecule has 0 saturated carbocycles. The Morgan fingerprint density at radius 3 is 2.54 bits per heavy atom. The maximum Gasteiger partial charge on any atom is 0.407 e. The van der Waals surface area contributed by atoms with Crippen molar-refractivity contribution in [3.8, 4) is 0 Å². The van der Waals surface area contributed by atoms with E-state index in [-0.39, 0.29) is 26.4 Å². The average molecular weight is 192 g/mol. The van der Waals surface area contributed by atoms with E-state index >= 15 is 0 Å². The van der Waals surface area contributed by atoms with Crippen molar-refractivity contribution in [2.45, 2.75) is 0 Å². The van der Waals surface area contributed by atoms with E-state index in [1.807, 2.05) is 0 Å². The quantitative estimate of drug-likeness (QED) is 0.474. The molecule has 0 aliphatic heterocycles. The summed E-state index contributed by atoms with van der Waals surface area (Å²) in [6, 6.07) is 0. The van der Waals surface area contributed by atoms with Gasteiger partial charge >= 0.3 is 12.2 Å². The molecule has 0 fully saturated rings. The summed E-state index contributed by atoms with van der Waals surface area (Å²) in [4.78, 5) is 20.7. The minimum atomic E-state index is -0.898. The fraction of sp³-hybridized carbons (Fsp3) is 0.667. The number of ether oxygens (including phenoxy) is 2. The number of hydrogen-bond acceptors (Lipinski definition) is 5. The molecular weight excluding hydrogens is 180 g/mol. The lowest BCUT2D eigenvalue weighted by Crippen LogP contribution is -2.30. The van der Waals surface area contributed by atoms with Gasteiger partial charge in [0.15, 0.2) is 0 Å².